The highest BCUT2D eigenvalue weighted by atomic mass is 16.5. The molecule has 1 aromatic heterocycles. The number of carbonyl (C=O) groups is 2. The van der Waals surface area contributed by atoms with E-state index < -0.39 is 0 Å². The highest BCUT2D eigenvalue weighted by Crippen LogP contribution is 2.25. The van der Waals surface area contributed by atoms with E-state index >= 15 is 0 Å². The summed E-state index contributed by atoms with van der Waals surface area (Å²) in [6, 6.07) is 10.3. The molecule has 0 spiro atoms. The number of rotatable bonds is 7. The Bertz CT molecular complexity index is 931. The zero-order chi connectivity index (χ0) is 21.7. The van der Waals surface area contributed by atoms with Crippen LogP contribution < -0.4 is 5.32 Å². The van der Waals surface area contributed by atoms with Crippen LogP contribution in [0.25, 0.3) is 6.08 Å². The molecule has 6 nitrogen and oxygen atoms in total. The summed E-state index contributed by atoms with van der Waals surface area (Å²) in [6.07, 6.45) is 4.25. The Morgan fingerprint density at radius 3 is 2.57 bits per heavy atom. The van der Waals surface area contributed by atoms with Crippen LogP contribution >= 0.6 is 0 Å². The highest BCUT2D eigenvalue weighted by Gasteiger charge is 2.26. The minimum Gasteiger partial charge on any atom is -0.462 e. The van der Waals surface area contributed by atoms with Crippen LogP contribution in [-0.4, -0.2) is 47.1 Å². The van der Waals surface area contributed by atoms with Gasteiger partial charge < -0.3 is 19.5 Å². The fourth-order valence-electron chi connectivity index (χ4n) is 4.16. The quantitative estimate of drug-likeness (QED) is 0.554. The number of para-hydroxylation sites is 1. The lowest BCUT2D eigenvalue weighted by molar-refractivity contribution is -0.124. The van der Waals surface area contributed by atoms with Gasteiger partial charge >= 0.3 is 5.97 Å². The summed E-state index contributed by atoms with van der Waals surface area (Å²) in [5, 5.41) is 3.48. The van der Waals surface area contributed by atoms with Gasteiger partial charge in [-0.25, -0.2) is 4.79 Å². The van der Waals surface area contributed by atoms with Crippen LogP contribution in [-0.2, 0) is 16.1 Å². The lowest BCUT2D eigenvalue weighted by Crippen LogP contribution is -2.30. The predicted molar refractivity (Wildman–Crippen MR) is 120 cm³/mol. The summed E-state index contributed by atoms with van der Waals surface area (Å²) in [7, 11) is 0. The maximum atomic E-state index is 12.8. The summed E-state index contributed by atoms with van der Waals surface area (Å²) < 4.78 is 7.33. The van der Waals surface area contributed by atoms with E-state index in [1.807, 2.05) is 56.0 Å². The van der Waals surface area contributed by atoms with Crippen molar-refractivity contribution in [3.63, 3.8) is 0 Å². The summed E-state index contributed by atoms with van der Waals surface area (Å²) in [5.74, 6) is -0.380. The molecule has 2 heterocycles. The lowest BCUT2D eigenvalue weighted by atomic mass is 10.1. The Labute approximate surface area is 178 Å². The van der Waals surface area contributed by atoms with Crippen molar-refractivity contribution < 1.29 is 14.3 Å². The second kappa shape index (κ2) is 9.65. The van der Waals surface area contributed by atoms with E-state index in [0.717, 1.165) is 35.6 Å². The molecule has 0 saturated carbocycles. The fraction of sp³-hybridized carbons (Fsp3) is 0.417. The summed E-state index contributed by atoms with van der Waals surface area (Å²) in [6.45, 7) is 10.2. The third kappa shape index (κ3) is 4.58. The van der Waals surface area contributed by atoms with Crippen molar-refractivity contribution in [2.24, 2.45) is 0 Å². The van der Waals surface area contributed by atoms with Gasteiger partial charge in [0.1, 0.15) is 0 Å². The molecule has 1 amide bonds. The number of likely N-dealkylation sites (tertiary alicyclic amines) is 1. The Morgan fingerprint density at radius 1 is 1.17 bits per heavy atom. The van der Waals surface area contributed by atoms with Crippen molar-refractivity contribution in [3.05, 3.63) is 58.9 Å². The molecule has 3 rings (SSSR count). The molecule has 1 unspecified atom stereocenters. The Hall–Kier alpha value is -3.02. The Kier molecular flexibility index (Phi) is 6.98. The number of aromatic nitrogens is 1. The van der Waals surface area contributed by atoms with Crippen molar-refractivity contribution >= 4 is 23.6 Å². The first-order valence-corrected chi connectivity index (χ1v) is 10.6. The van der Waals surface area contributed by atoms with Crippen molar-refractivity contribution in [2.45, 2.75) is 46.7 Å². The van der Waals surface area contributed by atoms with Crippen LogP contribution in [0.1, 0.15) is 47.6 Å². The molecule has 6 heteroatoms. The molecule has 1 saturated heterocycles. The molecular formula is C24H31N3O3. The molecule has 0 bridgehead atoms. The molecule has 1 aliphatic heterocycles. The van der Waals surface area contributed by atoms with Gasteiger partial charge in [-0.3, -0.25) is 4.79 Å². The topological polar surface area (TPSA) is 63.6 Å². The fourth-order valence-corrected chi connectivity index (χ4v) is 4.16. The van der Waals surface area contributed by atoms with Gasteiger partial charge in [0.15, 0.2) is 0 Å². The minimum absolute atomic E-state index is 0.0385. The van der Waals surface area contributed by atoms with Gasteiger partial charge in [0.25, 0.3) is 0 Å². The molecule has 1 N–H and O–H groups in total. The number of ether oxygens (including phenoxy) is 1. The minimum atomic E-state index is -0.342. The van der Waals surface area contributed by atoms with E-state index in [-0.39, 0.29) is 17.9 Å². The summed E-state index contributed by atoms with van der Waals surface area (Å²) >= 11 is 0. The SMILES string of the molecule is CCOC(=O)c1c(/C=C/C(=O)N2CCC(Nc3ccccc3)C2)c(C)n(CC)c1C. The number of hydrogen-bond donors (Lipinski definition) is 1. The van der Waals surface area contributed by atoms with Crippen LogP contribution in [0.4, 0.5) is 5.69 Å². The third-order valence-electron chi connectivity index (χ3n) is 5.66. The van der Waals surface area contributed by atoms with Gasteiger partial charge in [-0.1, -0.05) is 18.2 Å². The molecule has 1 aliphatic rings. The number of esters is 1. The zero-order valence-corrected chi connectivity index (χ0v) is 18.3. The van der Waals surface area contributed by atoms with E-state index in [0.29, 0.717) is 25.3 Å². The van der Waals surface area contributed by atoms with Crippen molar-refractivity contribution in [3.8, 4) is 0 Å². The number of nitrogens with zero attached hydrogens (tertiary/aromatic N) is 2. The molecule has 0 radical (unpaired) electrons. The number of anilines is 1. The molecule has 0 aliphatic carbocycles. The number of benzene rings is 1. The molecule has 2 aromatic rings. The van der Waals surface area contributed by atoms with Gasteiger partial charge in [0.2, 0.25) is 5.91 Å². The van der Waals surface area contributed by atoms with Gasteiger partial charge in [0, 0.05) is 54.4 Å². The first-order valence-electron chi connectivity index (χ1n) is 10.6. The highest BCUT2D eigenvalue weighted by molar-refractivity contribution is 5.99. The van der Waals surface area contributed by atoms with Crippen LogP contribution in [0, 0.1) is 13.8 Å². The van der Waals surface area contributed by atoms with Gasteiger partial charge in [-0.15, -0.1) is 0 Å². The predicted octanol–water partition coefficient (Wildman–Crippen LogP) is 4.03. The van der Waals surface area contributed by atoms with E-state index in [2.05, 4.69) is 9.88 Å². The normalized spacial score (nSPS) is 16.3. The number of hydrogen-bond acceptors (Lipinski definition) is 4. The Balaban J connectivity index is 1.72. The van der Waals surface area contributed by atoms with E-state index in [9.17, 15) is 9.59 Å². The van der Waals surface area contributed by atoms with Crippen LogP contribution in [0.15, 0.2) is 36.4 Å². The van der Waals surface area contributed by atoms with E-state index in [1.54, 1.807) is 19.1 Å². The standard InChI is InChI=1S/C24H31N3O3/c1-5-27-17(3)21(23(18(27)4)24(29)30-6-2)12-13-22(28)26-15-14-20(16-26)25-19-10-8-7-9-11-19/h7-13,20,25H,5-6,14-16H2,1-4H3/b13-12+. The summed E-state index contributed by atoms with van der Waals surface area (Å²) in [4.78, 5) is 27.1. The zero-order valence-electron chi connectivity index (χ0n) is 18.3. The molecule has 1 atom stereocenters. The van der Waals surface area contributed by atoms with E-state index in [4.69, 9.17) is 4.74 Å². The molecule has 1 fully saturated rings. The number of amides is 1. The van der Waals surface area contributed by atoms with Crippen LogP contribution in [0.2, 0.25) is 0 Å². The van der Waals surface area contributed by atoms with Crippen molar-refractivity contribution in [2.75, 3.05) is 25.0 Å². The Morgan fingerprint density at radius 2 is 1.90 bits per heavy atom. The largest absolute Gasteiger partial charge is 0.462 e. The average Bonchev–Trinajstić information content (AvgIpc) is 3.29. The first-order chi connectivity index (χ1) is 14.5. The molecule has 1 aromatic carbocycles. The third-order valence-corrected chi connectivity index (χ3v) is 5.66. The lowest BCUT2D eigenvalue weighted by Gasteiger charge is -2.16. The number of nitrogens with one attached hydrogen (secondary N) is 1. The number of carbonyl (C=O) groups excluding carboxylic acids is 2. The summed E-state index contributed by atoms with van der Waals surface area (Å²) in [5.41, 5.74) is 4.21. The molecule has 30 heavy (non-hydrogen) atoms. The second-order valence-electron chi connectivity index (χ2n) is 7.54. The second-order valence-corrected chi connectivity index (χ2v) is 7.54. The molecular weight excluding hydrogens is 378 g/mol. The smallest absolute Gasteiger partial charge is 0.340 e. The molecule has 160 valence electrons. The monoisotopic (exact) mass is 409 g/mol. The van der Waals surface area contributed by atoms with Crippen LogP contribution in [0.3, 0.4) is 0 Å². The van der Waals surface area contributed by atoms with Gasteiger partial charge in [0.05, 0.1) is 12.2 Å². The van der Waals surface area contributed by atoms with Gasteiger partial charge in [-0.2, -0.15) is 0 Å². The first kappa shape index (κ1) is 21.7. The van der Waals surface area contributed by atoms with Crippen molar-refractivity contribution in [1.82, 2.24) is 9.47 Å². The average molecular weight is 410 g/mol. The maximum absolute atomic E-state index is 12.8. The van der Waals surface area contributed by atoms with Crippen LogP contribution in [0.5, 0.6) is 0 Å². The van der Waals surface area contributed by atoms with E-state index in [1.165, 1.54) is 0 Å². The van der Waals surface area contributed by atoms with Crippen molar-refractivity contribution in [1.29, 1.82) is 0 Å². The maximum Gasteiger partial charge on any atom is 0.340 e. The van der Waals surface area contributed by atoms with Gasteiger partial charge in [-0.05, 0) is 52.3 Å².